The van der Waals surface area contributed by atoms with E-state index < -0.39 is 0 Å². The summed E-state index contributed by atoms with van der Waals surface area (Å²) in [6.45, 7) is 15.3. The molecule has 0 bridgehead atoms. The molecule has 288 valence electrons. The monoisotopic (exact) mass is 691 g/mol. The molecule has 0 amide bonds. The van der Waals surface area contributed by atoms with Gasteiger partial charge in [-0.05, 0) is 61.8 Å². The Morgan fingerprint density at radius 1 is 0.440 bits per heavy atom. The molecular weight excluding hydrogens is 605 g/mol. The van der Waals surface area contributed by atoms with Crippen molar-refractivity contribution in [3.63, 3.8) is 0 Å². The van der Waals surface area contributed by atoms with Crippen molar-refractivity contribution in [2.24, 2.45) is 0 Å². The number of rotatable bonds is 36. The van der Waals surface area contributed by atoms with E-state index in [0.717, 1.165) is 13.1 Å². The quantitative estimate of drug-likeness (QED) is 0.0647. The van der Waals surface area contributed by atoms with Crippen molar-refractivity contribution < 1.29 is 0 Å². The zero-order valence-electron chi connectivity index (χ0n) is 34.5. The van der Waals surface area contributed by atoms with Gasteiger partial charge in [0.1, 0.15) is 0 Å². The van der Waals surface area contributed by atoms with E-state index in [-0.39, 0.29) is 0 Å². The van der Waals surface area contributed by atoms with Crippen molar-refractivity contribution in [2.45, 2.75) is 240 Å². The third kappa shape index (κ3) is 21.2. The number of hydrogen-bond donors (Lipinski definition) is 0. The molecule has 2 heteroatoms. The Bertz CT molecular complexity index is 919. The van der Waals surface area contributed by atoms with Crippen molar-refractivity contribution in [3.05, 3.63) is 36.5 Å². The van der Waals surface area contributed by atoms with Crippen LogP contribution in [-0.2, 0) is 0 Å². The number of anilines is 2. The highest BCUT2D eigenvalue weighted by Gasteiger charge is 2.27. The van der Waals surface area contributed by atoms with Gasteiger partial charge in [-0.15, -0.1) is 0 Å². The van der Waals surface area contributed by atoms with Crippen LogP contribution in [0.1, 0.15) is 245 Å². The normalized spacial score (nSPS) is 13.2. The first-order valence-electron chi connectivity index (χ1n) is 22.9. The molecule has 0 aliphatic carbocycles. The topological polar surface area (TPSA) is 6.48 Å². The Morgan fingerprint density at radius 3 is 1.28 bits per heavy atom. The number of nitrogens with zero attached hydrogens (tertiary/aromatic N) is 2. The molecule has 1 aromatic carbocycles. The number of benzene rings is 1. The minimum atomic E-state index is 1.11. The first kappa shape index (κ1) is 44.7. The Labute approximate surface area is 315 Å². The summed E-state index contributed by atoms with van der Waals surface area (Å²) in [4.78, 5) is 4.98. The molecule has 0 saturated heterocycles. The van der Waals surface area contributed by atoms with E-state index >= 15 is 0 Å². The van der Waals surface area contributed by atoms with Gasteiger partial charge < -0.3 is 9.80 Å². The highest BCUT2D eigenvalue weighted by molar-refractivity contribution is 5.83. The van der Waals surface area contributed by atoms with Gasteiger partial charge >= 0.3 is 0 Å². The molecule has 1 aliphatic rings. The van der Waals surface area contributed by atoms with Gasteiger partial charge in [0, 0.05) is 13.1 Å². The van der Waals surface area contributed by atoms with Gasteiger partial charge in [0.25, 0.3) is 0 Å². The molecule has 2 rings (SSSR count). The Hall–Kier alpha value is -1.44. The zero-order chi connectivity index (χ0) is 35.7. The summed E-state index contributed by atoms with van der Waals surface area (Å²) in [6.07, 6.45) is 48.1. The summed E-state index contributed by atoms with van der Waals surface area (Å²) >= 11 is 0. The maximum atomic E-state index is 3.87. The molecule has 0 N–H and O–H groups in total. The molecule has 0 fully saturated rings. The van der Waals surface area contributed by atoms with Gasteiger partial charge in [0.2, 0.25) is 6.67 Å². The van der Waals surface area contributed by atoms with Gasteiger partial charge in [-0.1, -0.05) is 213 Å². The molecular formula is C48H86N2. The minimum Gasteiger partial charge on any atom is -0.340 e. The lowest BCUT2D eigenvalue weighted by Gasteiger charge is -2.19. The first-order valence-corrected chi connectivity index (χ1v) is 22.9. The second-order valence-electron chi connectivity index (χ2n) is 15.9. The Kier molecular flexibility index (Phi) is 28.8. The van der Waals surface area contributed by atoms with Crippen molar-refractivity contribution in [2.75, 3.05) is 22.9 Å². The van der Waals surface area contributed by atoms with Crippen molar-refractivity contribution in [1.29, 1.82) is 0 Å². The highest BCUT2D eigenvalue weighted by atomic mass is 15.4. The molecule has 50 heavy (non-hydrogen) atoms. The van der Waals surface area contributed by atoms with Crippen LogP contribution in [0.2, 0.25) is 0 Å². The predicted octanol–water partition coefficient (Wildman–Crippen LogP) is 16.6. The second-order valence-corrected chi connectivity index (χ2v) is 15.9. The summed E-state index contributed by atoms with van der Waals surface area (Å²) in [5, 5.41) is 0. The molecule has 0 spiro atoms. The van der Waals surface area contributed by atoms with Crippen LogP contribution < -0.4 is 9.80 Å². The van der Waals surface area contributed by atoms with Crippen molar-refractivity contribution in [1.82, 2.24) is 0 Å². The number of fused-ring (bicyclic) bond motifs is 1. The fourth-order valence-corrected chi connectivity index (χ4v) is 7.76. The first-order chi connectivity index (χ1) is 24.7. The van der Waals surface area contributed by atoms with Gasteiger partial charge in [0.15, 0.2) is 0 Å². The molecule has 1 aromatic rings. The lowest BCUT2D eigenvalue weighted by Crippen LogP contribution is -2.26. The van der Waals surface area contributed by atoms with Crippen molar-refractivity contribution >= 4 is 16.9 Å². The molecule has 0 saturated carbocycles. The van der Waals surface area contributed by atoms with E-state index in [1.165, 1.54) is 229 Å². The maximum Gasteiger partial charge on any atom is 0.208 e. The van der Waals surface area contributed by atoms with E-state index in [9.17, 15) is 0 Å². The summed E-state index contributed by atoms with van der Waals surface area (Å²) in [5.41, 5.74) is 5.86. The van der Waals surface area contributed by atoms with Gasteiger partial charge in [-0.2, -0.15) is 0 Å². The fourth-order valence-electron chi connectivity index (χ4n) is 7.76. The van der Waals surface area contributed by atoms with E-state index in [0.29, 0.717) is 0 Å². The lowest BCUT2D eigenvalue weighted by atomic mass is 9.96. The van der Waals surface area contributed by atoms with Crippen LogP contribution in [0.3, 0.4) is 0 Å². The Morgan fingerprint density at radius 2 is 0.820 bits per heavy atom. The second kappa shape index (κ2) is 32.2. The third-order valence-corrected chi connectivity index (χ3v) is 11.1. The summed E-state index contributed by atoms with van der Waals surface area (Å²) in [6, 6.07) is 7.41. The van der Waals surface area contributed by atoms with E-state index in [2.05, 4.69) is 68.4 Å². The predicted molar refractivity (Wildman–Crippen MR) is 227 cm³/mol. The number of allylic oxidation sites excluding steroid dienone is 2. The molecule has 1 heterocycles. The van der Waals surface area contributed by atoms with Crippen LogP contribution in [0, 0.1) is 6.67 Å². The number of hydrogen-bond acceptors (Lipinski definition) is 2. The van der Waals surface area contributed by atoms with Gasteiger partial charge in [-0.3, -0.25) is 0 Å². The highest BCUT2D eigenvalue weighted by Crippen LogP contribution is 2.41. The minimum absolute atomic E-state index is 1.11. The average Bonchev–Trinajstić information content (AvgIpc) is 3.48. The van der Waals surface area contributed by atoms with E-state index in [1.54, 1.807) is 5.57 Å². The molecule has 0 unspecified atom stereocenters. The average molecular weight is 691 g/mol. The SMILES string of the molecule is CCCCC/C=C(\CCCCCC)c1ccc2c(c1)N(CCCCCCCCCCCCCC)[C]N2CCCCCCCCCCCCCC. The Balaban J connectivity index is 1.89. The largest absolute Gasteiger partial charge is 0.340 e. The van der Waals surface area contributed by atoms with Crippen LogP contribution in [0.5, 0.6) is 0 Å². The number of unbranched alkanes of at least 4 members (excludes halogenated alkanes) is 28. The molecule has 2 nitrogen and oxygen atoms in total. The summed E-state index contributed by atoms with van der Waals surface area (Å²) in [5.74, 6) is 0. The van der Waals surface area contributed by atoms with Crippen LogP contribution in [0.15, 0.2) is 24.3 Å². The molecule has 1 aliphatic heterocycles. The lowest BCUT2D eigenvalue weighted by molar-refractivity contribution is 0.542. The summed E-state index contributed by atoms with van der Waals surface area (Å²) < 4.78 is 0. The van der Waals surface area contributed by atoms with Crippen LogP contribution in [-0.4, -0.2) is 13.1 Å². The van der Waals surface area contributed by atoms with Crippen LogP contribution >= 0.6 is 0 Å². The summed E-state index contributed by atoms with van der Waals surface area (Å²) in [7, 11) is 0. The fraction of sp³-hybridized carbons (Fsp3) is 0.812. The van der Waals surface area contributed by atoms with Gasteiger partial charge in [0.05, 0.1) is 11.4 Å². The van der Waals surface area contributed by atoms with Crippen LogP contribution in [0.4, 0.5) is 11.4 Å². The molecule has 0 atom stereocenters. The maximum absolute atomic E-state index is 3.87. The zero-order valence-corrected chi connectivity index (χ0v) is 34.5. The molecule has 0 aromatic heterocycles. The van der Waals surface area contributed by atoms with Crippen molar-refractivity contribution in [3.8, 4) is 0 Å². The third-order valence-electron chi connectivity index (χ3n) is 11.1. The smallest absolute Gasteiger partial charge is 0.208 e. The van der Waals surface area contributed by atoms with E-state index in [4.69, 9.17) is 0 Å². The standard InChI is InChI=1S/C48H86N2/c1-5-9-13-17-19-21-23-25-27-29-31-35-41-49-44-50(42-36-32-30-28-26-24-22-20-18-14-10-6-2)48-43-46(39-40-47(48)49)45(37-33-15-11-7-3)38-34-16-12-8-4/h37,39-40,43H,5-36,38,41-42H2,1-4H3/b45-37+. The van der Waals surface area contributed by atoms with Gasteiger partial charge in [-0.25, -0.2) is 0 Å². The van der Waals surface area contributed by atoms with E-state index in [1.807, 2.05) is 0 Å². The van der Waals surface area contributed by atoms with Crippen LogP contribution in [0.25, 0.3) is 5.57 Å². The molecule has 2 radical (unpaired) electrons.